The predicted octanol–water partition coefficient (Wildman–Crippen LogP) is 2.06. The first-order valence-electron chi connectivity index (χ1n) is 7.31. The lowest BCUT2D eigenvalue weighted by molar-refractivity contribution is -0.151. The summed E-state index contributed by atoms with van der Waals surface area (Å²) in [6, 6.07) is 8.02. The molecular weight excluding hydrogens is 252 g/mol. The van der Waals surface area contributed by atoms with Crippen LogP contribution in [0.15, 0.2) is 24.3 Å². The van der Waals surface area contributed by atoms with Crippen molar-refractivity contribution in [3.63, 3.8) is 0 Å². The summed E-state index contributed by atoms with van der Waals surface area (Å²) in [4.78, 5) is 14.5. The zero-order valence-corrected chi connectivity index (χ0v) is 12.4. The van der Waals surface area contributed by atoms with E-state index in [1.54, 1.807) is 0 Å². The summed E-state index contributed by atoms with van der Waals surface area (Å²) >= 11 is 0. The molecule has 1 unspecified atom stereocenters. The van der Waals surface area contributed by atoms with Gasteiger partial charge < -0.3 is 15.4 Å². The van der Waals surface area contributed by atoms with Crippen molar-refractivity contribution in [1.29, 1.82) is 0 Å². The Hall–Kier alpha value is -1.39. The number of benzene rings is 1. The van der Waals surface area contributed by atoms with E-state index in [1.165, 1.54) is 0 Å². The third-order valence-electron chi connectivity index (χ3n) is 4.04. The topological polar surface area (TPSA) is 55.6 Å². The number of hydrogen-bond donors (Lipinski definition) is 1. The maximum atomic E-state index is 12.7. The minimum Gasteiger partial charge on any atom is -0.365 e. The Morgan fingerprint density at radius 1 is 1.40 bits per heavy atom. The van der Waals surface area contributed by atoms with Gasteiger partial charge in [0.05, 0.1) is 0 Å². The van der Waals surface area contributed by atoms with Crippen molar-refractivity contribution in [3.8, 4) is 0 Å². The van der Waals surface area contributed by atoms with Crippen molar-refractivity contribution in [2.45, 2.75) is 45.4 Å². The minimum absolute atomic E-state index is 0.0873. The Morgan fingerprint density at radius 2 is 2.10 bits per heavy atom. The number of ether oxygens (including phenoxy) is 1. The van der Waals surface area contributed by atoms with E-state index in [1.807, 2.05) is 43.0 Å². The zero-order valence-electron chi connectivity index (χ0n) is 12.4. The lowest BCUT2D eigenvalue weighted by atomic mass is 10.00. The summed E-state index contributed by atoms with van der Waals surface area (Å²) in [6.45, 7) is 6.36. The third-order valence-corrected chi connectivity index (χ3v) is 4.04. The fourth-order valence-electron chi connectivity index (χ4n) is 2.73. The largest absolute Gasteiger partial charge is 0.365 e. The molecule has 1 aromatic rings. The molecule has 1 heterocycles. The van der Waals surface area contributed by atoms with Gasteiger partial charge in [-0.15, -0.1) is 0 Å². The molecule has 4 heteroatoms. The maximum absolute atomic E-state index is 12.7. The van der Waals surface area contributed by atoms with E-state index < -0.39 is 5.60 Å². The van der Waals surface area contributed by atoms with Crippen LogP contribution in [0.1, 0.15) is 37.8 Å². The Kier molecular flexibility index (Phi) is 4.78. The molecule has 1 aliphatic rings. The van der Waals surface area contributed by atoms with Gasteiger partial charge in [0, 0.05) is 26.2 Å². The van der Waals surface area contributed by atoms with Gasteiger partial charge in [0.2, 0.25) is 0 Å². The van der Waals surface area contributed by atoms with Crippen molar-refractivity contribution in [3.05, 3.63) is 35.4 Å². The van der Waals surface area contributed by atoms with E-state index in [4.69, 9.17) is 10.5 Å². The smallest absolute Gasteiger partial charge is 0.254 e. The fourth-order valence-corrected chi connectivity index (χ4v) is 2.73. The predicted molar refractivity (Wildman–Crippen MR) is 79.0 cm³/mol. The highest BCUT2D eigenvalue weighted by atomic mass is 16.5. The van der Waals surface area contributed by atoms with Gasteiger partial charge >= 0.3 is 0 Å². The average Bonchev–Trinajstić information content (AvgIpc) is 2.92. The lowest BCUT2D eigenvalue weighted by Crippen LogP contribution is -2.46. The number of hydrogen-bond acceptors (Lipinski definition) is 3. The Bertz CT molecular complexity index is 467. The number of rotatable bonds is 5. The van der Waals surface area contributed by atoms with Crippen LogP contribution in [0.3, 0.4) is 0 Å². The maximum Gasteiger partial charge on any atom is 0.254 e. The standard InChI is InChI=1S/C16H24N2O2/c1-3-18(15(19)16(2)9-6-10-20-16)12-14-8-5-4-7-13(14)11-17/h4-5,7-8H,3,6,9-12,17H2,1-2H3. The molecule has 0 saturated carbocycles. The van der Waals surface area contributed by atoms with Crippen molar-refractivity contribution in [2.24, 2.45) is 5.73 Å². The van der Waals surface area contributed by atoms with E-state index in [9.17, 15) is 4.79 Å². The highest BCUT2D eigenvalue weighted by molar-refractivity contribution is 5.85. The molecule has 1 fully saturated rings. The number of amides is 1. The second-order valence-corrected chi connectivity index (χ2v) is 5.48. The molecule has 0 spiro atoms. The van der Waals surface area contributed by atoms with E-state index in [0.29, 0.717) is 26.2 Å². The van der Waals surface area contributed by atoms with Crippen molar-refractivity contribution in [1.82, 2.24) is 4.90 Å². The second-order valence-electron chi connectivity index (χ2n) is 5.48. The van der Waals surface area contributed by atoms with E-state index in [-0.39, 0.29) is 5.91 Å². The van der Waals surface area contributed by atoms with Crippen LogP contribution in [0.2, 0.25) is 0 Å². The first kappa shape index (κ1) is 15.0. The number of likely N-dealkylation sites (N-methyl/N-ethyl adjacent to an activating group) is 1. The Labute approximate surface area is 120 Å². The van der Waals surface area contributed by atoms with Crippen LogP contribution in [0.5, 0.6) is 0 Å². The van der Waals surface area contributed by atoms with E-state index >= 15 is 0 Å². The van der Waals surface area contributed by atoms with Crippen LogP contribution < -0.4 is 5.73 Å². The van der Waals surface area contributed by atoms with Gasteiger partial charge in [-0.25, -0.2) is 0 Å². The Morgan fingerprint density at radius 3 is 2.65 bits per heavy atom. The first-order valence-corrected chi connectivity index (χ1v) is 7.31. The highest BCUT2D eigenvalue weighted by Gasteiger charge is 2.40. The summed E-state index contributed by atoms with van der Waals surface area (Å²) < 4.78 is 5.66. The summed E-state index contributed by atoms with van der Waals surface area (Å²) in [5.41, 5.74) is 7.33. The molecule has 4 nitrogen and oxygen atoms in total. The number of carbonyl (C=O) groups excluding carboxylic acids is 1. The monoisotopic (exact) mass is 276 g/mol. The molecule has 1 saturated heterocycles. The SMILES string of the molecule is CCN(Cc1ccccc1CN)C(=O)C1(C)CCCO1. The summed E-state index contributed by atoms with van der Waals surface area (Å²) in [5, 5.41) is 0. The number of nitrogens with two attached hydrogens (primary N) is 1. The highest BCUT2D eigenvalue weighted by Crippen LogP contribution is 2.28. The molecule has 0 aromatic heterocycles. The van der Waals surface area contributed by atoms with Crippen LogP contribution in [0.4, 0.5) is 0 Å². The number of carbonyl (C=O) groups is 1. The third kappa shape index (κ3) is 3.02. The van der Waals surface area contributed by atoms with Gasteiger partial charge in [-0.3, -0.25) is 4.79 Å². The van der Waals surface area contributed by atoms with Crippen LogP contribution >= 0.6 is 0 Å². The summed E-state index contributed by atoms with van der Waals surface area (Å²) in [5.74, 6) is 0.0873. The van der Waals surface area contributed by atoms with Crippen molar-refractivity contribution >= 4 is 5.91 Å². The quantitative estimate of drug-likeness (QED) is 0.895. The zero-order chi connectivity index (χ0) is 14.6. The van der Waals surface area contributed by atoms with Gasteiger partial charge in [-0.05, 0) is 37.8 Å². The molecule has 2 rings (SSSR count). The molecule has 2 N–H and O–H groups in total. The van der Waals surface area contributed by atoms with Crippen LogP contribution in [0.25, 0.3) is 0 Å². The second kappa shape index (κ2) is 6.37. The summed E-state index contributed by atoms with van der Waals surface area (Å²) in [7, 11) is 0. The van der Waals surface area contributed by atoms with E-state index in [0.717, 1.165) is 24.0 Å². The molecule has 110 valence electrons. The molecular formula is C16H24N2O2. The van der Waals surface area contributed by atoms with Crippen molar-refractivity contribution in [2.75, 3.05) is 13.2 Å². The molecule has 1 aliphatic heterocycles. The lowest BCUT2D eigenvalue weighted by Gasteiger charge is -2.31. The van der Waals surface area contributed by atoms with Gasteiger partial charge in [-0.1, -0.05) is 24.3 Å². The van der Waals surface area contributed by atoms with Gasteiger partial charge in [0.25, 0.3) is 5.91 Å². The molecule has 1 amide bonds. The molecule has 0 aliphatic carbocycles. The van der Waals surface area contributed by atoms with Crippen LogP contribution in [-0.4, -0.2) is 29.6 Å². The Balaban J connectivity index is 2.14. The minimum atomic E-state index is -0.645. The molecule has 1 atom stereocenters. The number of nitrogens with zero attached hydrogens (tertiary/aromatic N) is 1. The molecule has 0 radical (unpaired) electrons. The normalized spacial score (nSPS) is 21.9. The molecule has 20 heavy (non-hydrogen) atoms. The van der Waals surface area contributed by atoms with Gasteiger partial charge in [-0.2, -0.15) is 0 Å². The van der Waals surface area contributed by atoms with Gasteiger partial charge in [0.1, 0.15) is 5.60 Å². The molecule has 0 bridgehead atoms. The first-order chi connectivity index (χ1) is 9.60. The molecule has 1 aromatic carbocycles. The van der Waals surface area contributed by atoms with Crippen LogP contribution in [-0.2, 0) is 22.6 Å². The fraction of sp³-hybridized carbons (Fsp3) is 0.562. The van der Waals surface area contributed by atoms with Crippen LogP contribution in [0, 0.1) is 0 Å². The average molecular weight is 276 g/mol. The van der Waals surface area contributed by atoms with E-state index in [2.05, 4.69) is 0 Å². The van der Waals surface area contributed by atoms with Gasteiger partial charge in [0.15, 0.2) is 0 Å². The summed E-state index contributed by atoms with van der Waals surface area (Å²) in [6.07, 6.45) is 1.76. The van der Waals surface area contributed by atoms with Crippen molar-refractivity contribution < 1.29 is 9.53 Å².